The molecule has 30 heavy (non-hydrogen) atoms. The van der Waals surface area contributed by atoms with Gasteiger partial charge in [-0.2, -0.15) is 10.5 Å². The average Bonchev–Trinajstić information content (AvgIpc) is 3.20. The maximum absolute atomic E-state index is 6.71. The number of nitrogens with two attached hydrogens (primary N) is 2. The van der Waals surface area contributed by atoms with Gasteiger partial charge in [0.25, 0.3) is 0 Å². The zero-order chi connectivity index (χ0) is 21.9. The Balaban J connectivity index is 2.03. The predicted molar refractivity (Wildman–Crippen MR) is 141 cm³/mol. The Kier molecular flexibility index (Phi) is 7.62. The monoisotopic (exact) mass is 479 g/mol. The number of thiocarbonyl (C=S) groups is 1. The molecule has 0 spiro atoms. The fourth-order valence-electron chi connectivity index (χ4n) is 3.50. The van der Waals surface area contributed by atoms with E-state index in [-0.39, 0.29) is 10.5 Å². The van der Waals surface area contributed by atoms with Gasteiger partial charge in [0.15, 0.2) is 0 Å². The van der Waals surface area contributed by atoms with Crippen LogP contribution >= 0.6 is 44.5 Å². The van der Waals surface area contributed by atoms with E-state index in [0.29, 0.717) is 4.32 Å². The number of pyridine rings is 1. The molecule has 0 bridgehead atoms. The molecule has 0 aliphatic heterocycles. The van der Waals surface area contributed by atoms with Crippen molar-refractivity contribution < 1.29 is 0 Å². The van der Waals surface area contributed by atoms with E-state index < -0.39 is 10.0 Å². The molecule has 1 atom stereocenters. The third-order valence-corrected chi connectivity index (χ3v) is 13.2. The zero-order valence-electron chi connectivity index (χ0n) is 17.8. The molecule has 0 saturated heterocycles. The molecule has 0 aliphatic rings. The lowest BCUT2D eigenvalue weighted by atomic mass is 10.2. The van der Waals surface area contributed by atoms with Crippen LogP contribution in [0.3, 0.4) is 0 Å². The average molecular weight is 480 g/mol. The summed E-state index contributed by atoms with van der Waals surface area (Å²) < 4.78 is 1.46. The highest BCUT2D eigenvalue weighted by atomic mass is 32.3. The van der Waals surface area contributed by atoms with Crippen molar-refractivity contribution in [3.8, 4) is 0 Å². The van der Waals surface area contributed by atoms with Crippen LogP contribution in [0.5, 0.6) is 0 Å². The SMILES string of the molecule is CCCS(C(N)=S)(C(N)=S(C)C)c1ccnc(CSc2cccc3[nH]cnc23)c1C. The Morgan fingerprint density at radius 1 is 1.23 bits per heavy atom. The second-order valence-corrected chi connectivity index (χ2v) is 14.4. The normalized spacial score (nSPS) is 14.6. The van der Waals surface area contributed by atoms with Crippen LogP contribution in [0.15, 0.2) is 46.6 Å². The van der Waals surface area contributed by atoms with Crippen LogP contribution in [0.4, 0.5) is 0 Å². The van der Waals surface area contributed by atoms with E-state index in [4.69, 9.17) is 28.7 Å². The molecule has 5 N–H and O–H groups in total. The van der Waals surface area contributed by atoms with E-state index in [9.17, 15) is 0 Å². The lowest BCUT2D eigenvalue weighted by Gasteiger charge is -2.41. The first kappa shape index (κ1) is 23.3. The van der Waals surface area contributed by atoms with Crippen molar-refractivity contribution >= 4 is 64.2 Å². The van der Waals surface area contributed by atoms with Crippen molar-refractivity contribution in [2.75, 3.05) is 18.3 Å². The second kappa shape index (κ2) is 9.82. The summed E-state index contributed by atoms with van der Waals surface area (Å²) in [6, 6.07) is 8.25. The maximum atomic E-state index is 6.71. The smallest absolute Gasteiger partial charge is 0.123 e. The van der Waals surface area contributed by atoms with Gasteiger partial charge in [0.05, 0.1) is 21.9 Å². The first-order chi connectivity index (χ1) is 14.3. The van der Waals surface area contributed by atoms with Crippen LogP contribution < -0.4 is 11.5 Å². The molecule has 9 heteroatoms. The number of rotatable bonds is 6. The topological polar surface area (TPSA) is 93.6 Å². The number of thioether (sulfide) groups is 1. The van der Waals surface area contributed by atoms with Crippen LogP contribution in [0.2, 0.25) is 0 Å². The molecular formula is C21H29N5S4. The Morgan fingerprint density at radius 3 is 2.67 bits per heavy atom. The number of nitrogens with one attached hydrogen (secondary N) is 1. The molecule has 2 aromatic heterocycles. The van der Waals surface area contributed by atoms with Crippen LogP contribution in [0, 0.1) is 6.92 Å². The van der Waals surface area contributed by atoms with E-state index in [1.165, 1.54) is 4.90 Å². The lowest BCUT2D eigenvalue weighted by Crippen LogP contribution is -2.34. The molecule has 1 aromatic carbocycles. The Bertz CT molecular complexity index is 1100. The summed E-state index contributed by atoms with van der Waals surface area (Å²) in [5.41, 5.74) is 17.3. The van der Waals surface area contributed by atoms with E-state index in [2.05, 4.69) is 48.5 Å². The third kappa shape index (κ3) is 4.31. The highest BCUT2D eigenvalue weighted by molar-refractivity contribution is 8.64. The number of hydrogen-bond acceptors (Lipinski definition) is 4. The first-order valence-corrected chi connectivity index (χ1v) is 14.9. The first-order valence-electron chi connectivity index (χ1n) is 9.62. The van der Waals surface area contributed by atoms with Gasteiger partial charge in [-0.25, -0.2) is 4.98 Å². The van der Waals surface area contributed by atoms with Crippen molar-refractivity contribution in [3.05, 3.63) is 48.0 Å². The molecule has 162 valence electrons. The summed E-state index contributed by atoms with van der Waals surface area (Å²) in [6.07, 6.45) is 8.86. The minimum Gasteiger partial charge on any atom is -0.385 e. The number of hydrogen-bond donors (Lipinski definition) is 3. The van der Waals surface area contributed by atoms with Crippen molar-refractivity contribution in [1.82, 2.24) is 15.0 Å². The second-order valence-electron chi connectivity index (χ2n) is 7.12. The highest BCUT2D eigenvalue weighted by Crippen LogP contribution is 2.59. The Morgan fingerprint density at radius 2 is 2.00 bits per heavy atom. The van der Waals surface area contributed by atoms with Gasteiger partial charge in [-0.15, -0.1) is 21.8 Å². The molecule has 0 saturated carbocycles. The van der Waals surface area contributed by atoms with E-state index in [0.717, 1.165) is 49.4 Å². The summed E-state index contributed by atoms with van der Waals surface area (Å²) in [7, 11) is -1.82. The van der Waals surface area contributed by atoms with Gasteiger partial charge in [0.1, 0.15) is 9.84 Å². The fraction of sp³-hybridized carbons (Fsp3) is 0.333. The zero-order valence-corrected chi connectivity index (χ0v) is 21.0. The van der Waals surface area contributed by atoms with Gasteiger partial charge in [0, 0.05) is 21.7 Å². The summed E-state index contributed by atoms with van der Waals surface area (Å²) in [4.78, 5) is 14.6. The number of aromatic nitrogens is 3. The van der Waals surface area contributed by atoms with E-state index in [1.54, 1.807) is 18.1 Å². The molecule has 0 radical (unpaired) electrons. The minimum atomic E-state index is -1.73. The van der Waals surface area contributed by atoms with Gasteiger partial charge in [-0.05, 0) is 55.4 Å². The molecule has 0 fully saturated rings. The largest absolute Gasteiger partial charge is 0.385 e. The lowest BCUT2D eigenvalue weighted by molar-refractivity contribution is 1.06. The van der Waals surface area contributed by atoms with Crippen molar-refractivity contribution in [1.29, 1.82) is 0 Å². The fourth-order valence-corrected chi connectivity index (χ4v) is 11.4. The van der Waals surface area contributed by atoms with Gasteiger partial charge >= 0.3 is 0 Å². The quantitative estimate of drug-likeness (QED) is 0.342. The minimum absolute atomic E-state index is 0.0851. The number of nitrogens with zero attached hydrogens (tertiary/aromatic N) is 2. The number of aromatic amines is 1. The molecular weight excluding hydrogens is 451 g/mol. The molecule has 3 rings (SSSR count). The van der Waals surface area contributed by atoms with Crippen molar-refractivity contribution in [3.63, 3.8) is 0 Å². The van der Waals surface area contributed by atoms with Crippen LogP contribution in [0.1, 0.15) is 24.6 Å². The van der Waals surface area contributed by atoms with Gasteiger partial charge in [0.2, 0.25) is 0 Å². The van der Waals surface area contributed by atoms with Crippen molar-refractivity contribution in [2.24, 2.45) is 11.5 Å². The van der Waals surface area contributed by atoms with Gasteiger partial charge in [-0.1, -0.05) is 25.2 Å². The predicted octanol–water partition coefficient (Wildman–Crippen LogP) is 4.95. The summed E-state index contributed by atoms with van der Waals surface area (Å²) in [5.74, 6) is 1.62. The molecule has 3 aromatic rings. The Labute approximate surface area is 192 Å². The van der Waals surface area contributed by atoms with E-state index >= 15 is 0 Å². The van der Waals surface area contributed by atoms with Gasteiger partial charge < -0.3 is 10.7 Å². The van der Waals surface area contributed by atoms with Crippen LogP contribution in [-0.2, 0) is 5.75 Å². The molecule has 0 amide bonds. The van der Waals surface area contributed by atoms with E-state index in [1.807, 2.05) is 18.3 Å². The Hall–Kier alpha value is -1.39. The number of imidazole rings is 1. The molecule has 1 unspecified atom stereocenters. The third-order valence-electron chi connectivity index (χ3n) is 5.01. The maximum Gasteiger partial charge on any atom is 0.123 e. The van der Waals surface area contributed by atoms with Crippen LogP contribution in [-0.4, -0.2) is 41.9 Å². The molecule has 5 nitrogen and oxygen atoms in total. The number of para-hydroxylation sites is 1. The summed E-state index contributed by atoms with van der Waals surface area (Å²) in [6.45, 7) is 4.29. The van der Waals surface area contributed by atoms with Gasteiger partial charge in [-0.3, -0.25) is 10.7 Å². The summed E-state index contributed by atoms with van der Waals surface area (Å²) in [5, 5.41) is 0. The van der Waals surface area contributed by atoms with Crippen LogP contribution in [0.25, 0.3) is 11.0 Å². The molecule has 2 heterocycles. The standard InChI is InChI=1S/C21H29N5S4/c1-5-11-30(20(22)27,21(23)29(3)4)18-9-10-24-16(14(18)2)12-28-17-8-6-7-15-19(17)26-13-25-15/h6-10,13H,5,11-12,23H2,1-4H3,(H2,22,27)(H,25,26). The number of benzene rings is 1. The highest BCUT2D eigenvalue weighted by Gasteiger charge is 2.34. The van der Waals surface area contributed by atoms with Crippen molar-refractivity contribution in [2.45, 2.75) is 35.8 Å². The summed E-state index contributed by atoms with van der Waals surface area (Å²) >= 11 is 7.38. The number of fused-ring (bicyclic) bond motifs is 1. The number of H-pyrrole nitrogens is 1. The molecule has 0 aliphatic carbocycles.